The van der Waals surface area contributed by atoms with Gasteiger partial charge in [0, 0.05) is 19.2 Å². The van der Waals surface area contributed by atoms with E-state index in [2.05, 4.69) is 0 Å². The van der Waals surface area contributed by atoms with Crippen LogP contribution in [0.4, 0.5) is 0 Å². The van der Waals surface area contributed by atoms with Gasteiger partial charge < -0.3 is 14.7 Å². The van der Waals surface area contributed by atoms with Gasteiger partial charge in [0.15, 0.2) is 0 Å². The van der Waals surface area contributed by atoms with Crippen LogP contribution in [0, 0.1) is 0 Å². The highest BCUT2D eigenvalue weighted by molar-refractivity contribution is 7.12. The first-order valence-electron chi connectivity index (χ1n) is 6.31. The zero-order valence-electron chi connectivity index (χ0n) is 10.6. The number of amides is 1. The van der Waals surface area contributed by atoms with Crippen LogP contribution in [0.1, 0.15) is 35.4 Å². The van der Waals surface area contributed by atoms with Gasteiger partial charge in [-0.1, -0.05) is 0 Å². The van der Waals surface area contributed by atoms with Crippen molar-refractivity contribution in [3.63, 3.8) is 0 Å². The van der Waals surface area contributed by atoms with E-state index in [9.17, 15) is 4.79 Å². The maximum Gasteiger partial charge on any atom is 0.267 e. The van der Waals surface area contributed by atoms with Crippen LogP contribution in [-0.2, 0) is 0 Å². The Labute approximate surface area is 111 Å². The number of carbonyl (C=O) groups excluding carboxylic acids is 1. The topological polar surface area (TPSA) is 49.8 Å². The molecule has 0 aliphatic carbocycles. The lowest BCUT2D eigenvalue weighted by Gasteiger charge is -2.24. The summed E-state index contributed by atoms with van der Waals surface area (Å²) in [6.07, 6.45) is 3.74. The zero-order valence-corrected chi connectivity index (χ0v) is 11.4. The van der Waals surface area contributed by atoms with E-state index in [1.807, 2.05) is 16.3 Å². The van der Waals surface area contributed by atoms with Gasteiger partial charge in [0.2, 0.25) is 0 Å². The summed E-state index contributed by atoms with van der Waals surface area (Å²) in [4.78, 5) is 15.1. The van der Waals surface area contributed by atoms with Crippen molar-refractivity contribution >= 4 is 17.2 Å². The highest BCUT2D eigenvalue weighted by atomic mass is 32.1. The second-order valence-electron chi connectivity index (χ2n) is 4.48. The first kappa shape index (κ1) is 13.4. The van der Waals surface area contributed by atoms with Crippen LogP contribution in [0.2, 0.25) is 0 Å². The summed E-state index contributed by atoms with van der Waals surface area (Å²) in [5.41, 5.74) is 0. The van der Waals surface area contributed by atoms with Crippen molar-refractivity contribution in [3.8, 4) is 5.75 Å². The van der Waals surface area contributed by atoms with Crippen molar-refractivity contribution < 1.29 is 14.6 Å². The van der Waals surface area contributed by atoms with Crippen molar-refractivity contribution in [2.45, 2.75) is 31.7 Å². The van der Waals surface area contributed by atoms with Crippen LogP contribution in [0.15, 0.2) is 11.4 Å². The Balaban J connectivity index is 2.08. The Morgan fingerprint density at radius 2 is 2.50 bits per heavy atom. The van der Waals surface area contributed by atoms with Crippen molar-refractivity contribution in [3.05, 3.63) is 16.3 Å². The van der Waals surface area contributed by atoms with Crippen LogP contribution in [0.25, 0.3) is 0 Å². The molecule has 1 aromatic heterocycles. The molecule has 1 aromatic rings. The number of rotatable bonds is 5. The Hall–Kier alpha value is -1.07. The zero-order chi connectivity index (χ0) is 13.0. The molecule has 100 valence electrons. The molecule has 0 saturated carbocycles. The van der Waals surface area contributed by atoms with Crippen molar-refractivity contribution in [1.29, 1.82) is 0 Å². The quantitative estimate of drug-likeness (QED) is 0.891. The van der Waals surface area contributed by atoms with Gasteiger partial charge in [0.05, 0.1) is 7.11 Å². The minimum absolute atomic E-state index is 0.0716. The molecule has 1 saturated heterocycles. The van der Waals surface area contributed by atoms with E-state index in [4.69, 9.17) is 9.84 Å². The molecule has 1 N–H and O–H groups in total. The predicted octanol–water partition coefficient (Wildman–Crippen LogP) is 2.13. The van der Waals surface area contributed by atoms with E-state index in [1.165, 1.54) is 11.3 Å². The lowest BCUT2D eigenvalue weighted by molar-refractivity contribution is 0.0726. The van der Waals surface area contributed by atoms with Crippen LogP contribution in [0.5, 0.6) is 5.75 Å². The van der Waals surface area contributed by atoms with Gasteiger partial charge in [0.25, 0.3) is 5.91 Å². The summed E-state index contributed by atoms with van der Waals surface area (Å²) in [6, 6.07) is 2.10. The van der Waals surface area contributed by atoms with Gasteiger partial charge >= 0.3 is 0 Å². The van der Waals surface area contributed by atoms with Crippen LogP contribution < -0.4 is 4.74 Å². The molecule has 1 aliphatic rings. The first-order chi connectivity index (χ1) is 8.77. The summed E-state index contributed by atoms with van der Waals surface area (Å²) in [5.74, 6) is 0.736. The smallest absolute Gasteiger partial charge is 0.267 e. The van der Waals surface area contributed by atoms with E-state index in [1.54, 1.807) is 7.11 Å². The number of aliphatic hydroxyl groups excluding tert-OH is 1. The maximum absolute atomic E-state index is 12.5. The predicted molar refractivity (Wildman–Crippen MR) is 71.2 cm³/mol. The maximum atomic E-state index is 12.5. The third-order valence-electron chi connectivity index (χ3n) is 3.38. The number of hydrogen-bond acceptors (Lipinski definition) is 4. The van der Waals surface area contributed by atoms with Gasteiger partial charge in [-0.15, -0.1) is 11.3 Å². The molecule has 0 aromatic carbocycles. The Morgan fingerprint density at radius 1 is 1.67 bits per heavy atom. The molecule has 2 rings (SSSR count). The molecule has 1 fully saturated rings. The van der Waals surface area contributed by atoms with Gasteiger partial charge in [-0.25, -0.2) is 0 Å². The summed E-state index contributed by atoms with van der Waals surface area (Å²) in [6.45, 7) is 1.01. The SMILES string of the molecule is COc1ccsc1C(=O)N1CCCC1CCCO. The number of thiophene rings is 1. The average molecular weight is 269 g/mol. The van der Waals surface area contributed by atoms with Crippen molar-refractivity contribution in [1.82, 2.24) is 4.90 Å². The second kappa shape index (κ2) is 6.20. The minimum Gasteiger partial charge on any atom is -0.495 e. The summed E-state index contributed by atoms with van der Waals surface area (Å²) in [5, 5.41) is 10.8. The molecule has 0 radical (unpaired) electrons. The van der Waals surface area contributed by atoms with Gasteiger partial charge in [-0.05, 0) is 37.1 Å². The fourth-order valence-corrected chi connectivity index (χ4v) is 3.29. The van der Waals surface area contributed by atoms with Gasteiger partial charge in [0.1, 0.15) is 10.6 Å². The minimum atomic E-state index is 0.0716. The number of nitrogens with zero attached hydrogens (tertiary/aromatic N) is 1. The standard InChI is InChI=1S/C13H19NO3S/c1-17-11-6-9-18-12(11)13(16)14-7-2-4-10(14)5-3-8-15/h6,9-10,15H,2-5,7-8H2,1H3. The van der Waals surface area contributed by atoms with E-state index in [-0.39, 0.29) is 18.6 Å². The van der Waals surface area contributed by atoms with Gasteiger partial charge in [-0.3, -0.25) is 4.79 Å². The molecule has 0 bridgehead atoms. The van der Waals surface area contributed by atoms with Crippen LogP contribution in [-0.4, -0.2) is 42.2 Å². The molecular formula is C13H19NO3S. The van der Waals surface area contributed by atoms with E-state index in [0.717, 1.165) is 32.2 Å². The number of aliphatic hydroxyl groups is 1. The van der Waals surface area contributed by atoms with E-state index >= 15 is 0 Å². The highest BCUT2D eigenvalue weighted by Crippen LogP contribution is 2.30. The van der Waals surface area contributed by atoms with Crippen LogP contribution >= 0.6 is 11.3 Å². The summed E-state index contributed by atoms with van der Waals surface area (Å²) in [7, 11) is 1.59. The van der Waals surface area contributed by atoms with Gasteiger partial charge in [-0.2, -0.15) is 0 Å². The lowest BCUT2D eigenvalue weighted by Crippen LogP contribution is -2.35. The monoisotopic (exact) mass is 269 g/mol. The molecule has 5 heteroatoms. The third-order valence-corrected chi connectivity index (χ3v) is 4.26. The Morgan fingerprint density at radius 3 is 3.22 bits per heavy atom. The largest absolute Gasteiger partial charge is 0.495 e. The fraction of sp³-hybridized carbons (Fsp3) is 0.615. The van der Waals surface area contributed by atoms with E-state index < -0.39 is 0 Å². The summed E-state index contributed by atoms with van der Waals surface area (Å²) >= 11 is 1.43. The van der Waals surface area contributed by atoms with Crippen LogP contribution in [0.3, 0.4) is 0 Å². The fourth-order valence-electron chi connectivity index (χ4n) is 2.47. The first-order valence-corrected chi connectivity index (χ1v) is 7.19. The molecule has 1 unspecified atom stereocenters. The Kier molecular flexibility index (Phi) is 4.60. The highest BCUT2D eigenvalue weighted by Gasteiger charge is 2.30. The van der Waals surface area contributed by atoms with E-state index in [0.29, 0.717) is 10.6 Å². The molecular weight excluding hydrogens is 250 g/mol. The molecule has 1 aliphatic heterocycles. The average Bonchev–Trinajstić information content (AvgIpc) is 3.03. The summed E-state index contributed by atoms with van der Waals surface area (Å²) < 4.78 is 5.21. The molecule has 2 heterocycles. The number of methoxy groups -OCH3 is 1. The lowest BCUT2D eigenvalue weighted by atomic mass is 10.1. The molecule has 4 nitrogen and oxygen atoms in total. The number of likely N-dealkylation sites (tertiary alicyclic amines) is 1. The Bertz CT molecular complexity index is 405. The third kappa shape index (κ3) is 2.67. The van der Waals surface area contributed by atoms with Crippen molar-refractivity contribution in [2.24, 2.45) is 0 Å². The number of ether oxygens (including phenoxy) is 1. The molecule has 1 atom stereocenters. The normalized spacial score (nSPS) is 19.2. The van der Waals surface area contributed by atoms with Crippen molar-refractivity contribution in [2.75, 3.05) is 20.3 Å². The molecule has 1 amide bonds. The number of carbonyl (C=O) groups is 1. The second-order valence-corrected chi connectivity index (χ2v) is 5.39. The number of hydrogen-bond donors (Lipinski definition) is 1. The molecule has 0 spiro atoms. The molecule has 18 heavy (non-hydrogen) atoms.